The zero-order valence-electron chi connectivity index (χ0n) is 19.2. The Labute approximate surface area is 197 Å². The van der Waals surface area contributed by atoms with Gasteiger partial charge in [0.1, 0.15) is 0 Å². The number of carbonyl (C=O) groups excluding carboxylic acids is 1. The van der Waals surface area contributed by atoms with E-state index in [1.54, 1.807) is 36.7 Å². The minimum atomic E-state index is -2.98. The molecule has 1 fully saturated rings. The highest BCUT2D eigenvalue weighted by molar-refractivity contribution is 5.94. The smallest absolute Gasteiger partial charge is 0.262 e. The zero-order chi connectivity index (χ0) is 24.7. The third-order valence-corrected chi connectivity index (χ3v) is 5.43. The van der Waals surface area contributed by atoms with Crippen LogP contribution >= 0.6 is 0 Å². The highest BCUT2D eigenvalue weighted by Gasteiger charge is 2.22. The Balaban J connectivity index is 1.69. The number of anilines is 1. The maximum atomic E-state index is 13.0. The molecule has 0 unspecified atom stereocenters. The predicted octanol–water partition coefficient (Wildman–Crippen LogP) is 4.29. The molecule has 0 atom stereocenters. The summed E-state index contributed by atoms with van der Waals surface area (Å²) >= 11 is 0. The molecule has 34 heavy (non-hydrogen) atoms. The molecule has 0 radical (unpaired) electrons. The van der Waals surface area contributed by atoms with Crippen LogP contribution < -0.4 is 16.0 Å². The summed E-state index contributed by atoms with van der Waals surface area (Å²) in [7, 11) is 0. The largest absolute Gasteiger partial charge is 0.386 e. The SMILES string of the molecule is Cc1cnc(N/C(C=N)=C/NC2CCC(=N)CC2)nc1-c1ccc(C(=O)NCC(C)(F)F)cc1. The molecule has 5 N–H and O–H groups in total. The van der Waals surface area contributed by atoms with Gasteiger partial charge in [-0.25, -0.2) is 18.7 Å². The van der Waals surface area contributed by atoms with E-state index in [1.807, 2.05) is 6.92 Å². The van der Waals surface area contributed by atoms with Gasteiger partial charge in [-0.1, -0.05) is 12.1 Å². The van der Waals surface area contributed by atoms with E-state index in [2.05, 4.69) is 25.9 Å². The van der Waals surface area contributed by atoms with E-state index in [4.69, 9.17) is 10.8 Å². The number of hydrogen-bond donors (Lipinski definition) is 5. The van der Waals surface area contributed by atoms with Gasteiger partial charge in [-0.15, -0.1) is 0 Å². The summed E-state index contributed by atoms with van der Waals surface area (Å²) in [6.07, 6.45) is 7.91. The fourth-order valence-electron chi connectivity index (χ4n) is 3.50. The molecule has 1 amide bonds. The van der Waals surface area contributed by atoms with Gasteiger partial charge in [0.05, 0.1) is 17.9 Å². The third-order valence-electron chi connectivity index (χ3n) is 5.43. The quantitative estimate of drug-likeness (QED) is 0.350. The second-order valence-corrected chi connectivity index (χ2v) is 8.47. The van der Waals surface area contributed by atoms with E-state index >= 15 is 0 Å². The van der Waals surface area contributed by atoms with Gasteiger partial charge in [0.15, 0.2) is 0 Å². The highest BCUT2D eigenvalue weighted by Crippen LogP contribution is 2.23. The first kappa shape index (κ1) is 24.9. The summed E-state index contributed by atoms with van der Waals surface area (Å²) in [6.45, 7) is 1.88. The molecular formula is C24H29F2N7O. The van der Waals surface area contributed by atoms with Crippen LogP contribution in [0.3, 0.4) is 0 Å². The molecule has 1 saturated carbocycles. The van der Waals surface area contributed by atoms with Gasteiger partial charge in [-0.3, -0.25) is 4.79 Å². The van der Waals surface area contributed by atoms with E-state index in [0.717, 1.165) is 49.4 Å². The van der Waals surface area contributed by atoms with Crippen LogP contribution in [0.1, 0.15) is 48.5 Å². The lowest BCUT2D eigenvalue weighted by Crippen LogP contribution is -2.34. The number of alkyl halides is 2. The van der Waals surface area contributed by atoms with Crippen molar-refractivity contribution in [2.45, 2.75) is 51.5 Å². The van der Waals surface area contributed by atoms with Crippen LogP contribution in [0.25, 0.3) is 11.3 Å². The van der Waals surface area contributed by atoms with Crippen LogP contribution in [0.15, 0.2) is 42.4 Å². The number of rotatable bonds is 9. The number of allylic oxidation sites excluding steroid dienone is 1. The number of hydrogen-bond acceptors (Lipinski definition) is 7. The maximum absolute atomic E-state index is 13.0. The number of nitrogens with one attached hydrogen (secondary N) is 5. The molecule has 8 nitrogen and oxygen atoms in total. The van der Waals surface area contributed by atoms with Gasteiger partial charge in [-0.2, -0.15) is 0 Å². The predicted molar refractivity (Wildman–Crippen MR) is 129 cm³/mol. The standard InChI is InChI=1S/C24H29F2N7O/c1-15-12-30-23(32-20(11-27)13-29-19-9-7-18(28)8-10-19)33-21(15)16-3-5-17(6-4-16)22(34)31-14-24(2,25)26/h3-6,11-13,19,27-29H,7-10,14H2,1-2H3,(H,31,34)(H,30,32,33)/b20-13+,27-11?,28-18?. The highest BCUT2D eigenvalue weighted by atomic mass is 19.3. The zero-order valence-corrected chi connectivity index (χ0v) is 19.2. The minimum Gasteiger partial charge on any atom is -0.386 e. The Kier molecular flexibility index (Phi) is 8.04. The number of amides is 1. The van der Waals surface area contributed by atoms with Crippen LogP contribution in [0.2, 0.25) is 0 Å². The van der Waals surface area contributed by atoms with Crippen LogP contribution in [-0.4, -0.2) is 46.3 Å². The molecule has 180 valence electrons. The fourth-order valence-corrected chi connectivity index (χ4v) is 3.50. The summed E-state index contributed by atoms with van der Waals surface area (Å²) in [5.41, 5.74) is 3.75. The average Bonchev–Trinajstić information content (AvgIpc) is 2.82. The van der Waals surface area contributed by atoms with Gasteiger partial charge < -0.3 is 26.8 Å². The van der Waals surface area contributed by atoms with Gasteiger partial charge in [0, 0.05) is 48.4 Å². The van der Waals surface area contributed by atoms with Crippen molar-refractivity contribution in [1.29, 1.82) is 10.8 Å². The first-order chi connectivity index (χ1) is 16.1. The third kappa shape index (κ3) is 7.16. The van der Waals surface area contributed by atoms with Crippen molar-refractivity contribution in [3.63, 3.8) is 0 Å². The Morgan fingerprint density at radius 1 is 1.24 bits per heavy atom. The normalized spacial score (nSPS) is 16.6. The van der Waals surface area contributed by atoms with Crippen molar-refractivity contribution in [2.75, 3.05) is 11.9 Å². The topological polar surface area (TPSA) is 127 Å². The molecule has 0 spiro atoms. The summed E-state index contributed by atoms with van der Waals surface area (Å²) in [5.74, 6) is -3.23. The summed E-state index contributed by atoms with van der Waals surface area (Å²) in [6, 6.07) is 6.79. The summed E-state index contributed by atoms with van der Waals surface area (Å²) in [5, 5.41) is 23.9. The van der Waals surface area contributed by atoms with Crippen LogP contribution in [0, 0.1) is 17.7 Å². The Morgan fingerprint density at radius 3 is 2.53 bits per heavy atom. The van der Waals surface area contributed by atoms with Gasteiger partial charge in [-0.05, 0) is 50.3 Å². The second-order valence-electron chi connectivity index (χ2n) is 8.47. The molecule has 1 heterocycles. The number of benzene rings is 1. The van der Waals surface area contributed by atoms with Crippen molar-refractivity contribution in [2.24, 2.45) is 0 Å². The molecule has 1 aliphatic rings. The molecule has 2 aromatic rings. The first-order valence-electron chi connectivity index (χ1n) is 11.0. The van der Waals surface area contributed by atoms with Crippen LogP contribution in [-0.2, 0) is 0 Å². The van der Waals surface area contributed by atoms with Crippen molar-refractivity contribution in [3.8, 4) is 11.3 Å². The van der Waals surface area contributed by atoms with E-state index in [1.165, 1.54) is 6.21 Å². The Hall–Kier alpha value is -3.69. The molecule has 1 aromatic heterocycles. The number of halogens is 2. The van der Waals surface area contributed by atoms with E-state index in [9.17, 15) is 13.6 Å². The molecule has 1 aromatic carbocycles. The van der Waals surface area contributed by atoms with Gasteiger partial charge >= 0.3 is 0 Å². The number of nitrogens with zero attached hydrogens (tertiary/aromatic N) is 2. The Bertz CT molecular complexity index is 1070. The maximum Gasteiger partial charge on any atom is 0.262 e. The van der Waals surface area contributed by atoms with E-state index in [-0.39, 0.29) is 11.6 Å². The second kappa shape index (κ2) is 11.0. The lowest BCUT2D eigenvalue weighted by Gasteiger charge is -2.23. The average molecular weight is 470 g/mol. The summed E-state index contributed by atoms with van der Waals surface area (Å²) in [4.78, 5) is 20.9. The molecule has 0 bridgehead atoms. The lowest BCUT2D eigenvalue weighted by atomic mass is 9.94. The first-order valence-corrected chi connectivity index (χ1v) is 11.0. The van der Waals surface area contributed by atoms with Gasteiger partial charge in [0.2, 0.25) is 5.95 Å². The molecule has 1 aliphatic carbocycles. The molecular weight excluding hydrogens is 440 g/mol. The van der Waals surface area contributed by atoms with Crippen molar-refractivity contribution >= 4 is 23.8 Å². The molecule has 3 rings (SSSR count). The molecule has 0 aliphatic heterocycles. The van der Waals surface area contributed by atoms with E-state index < -0.39 is 18.4 Å². The van der Waals surface area contributed by atoms with Crippen molar-refractivity contribution in [3.05, 3.63) is 53.5 Å². The minimum absolute atomic E-state index is 0.264. The van der Waals surface area contributed by atoms with Crippen LogP contribution in [0.5, 0.6) is 0 Å². The van der Waals surface area contributed by atoms with Crippen molar-refractivity contribution in [1.82, 2.24) is 20.6 Å². The number of aromatic nitrogens is 2. The molecule has 0 saturated heterocycles. The van der Waals surface area contributed by atoms with Crippen molar-refractivity contribution < 1.29 is 13.6 Å². The van der Waals surface area contributed by atoms with E-state index in [0.29, 0.717) is 17.3 Å². The Morgan fingerprint density at radius 2 is 1.91 bits per heavy atom. The molecule has 10 heteroatoms. The monoisotopic (exact) mass is 469 g/mol. The van der Waals surface area contributed by atoms with Gasteiger partial charge in [0.25, 0.3) is 11.8 Å². The summed E-state index contributed by atoms with van der Waals surface area (Å²) < 4.78 is 25.9. The van der Waals surface area contributed by atoms with Crippen LogP contribution in [0.4, 0.5) is 14.7 Å². The lowest BCUT2D eigenvalue weighted by molar-refractivity contribution is 0.0221. The number of carbonyl (C=O) groups is 1. The fraction of sp³-hybridized carbons (Fsp3) is 0.375. The number of aryl methyl sites for hydroxylation is 1.